The van der Waals surface area contributed by atoms with Crippen molar-refractivity contribution in [2.45, 2.75) is 25.2 Å². The van der Waals surface area contributed by atoms with Gasteiger partial charge in [-0.1, -0.05) is 67.6 Å². The van der Waals surface area contributed by atoms with Crippen LogP contribution in [0.25, 0.3) is 0 Å². The van der Waals surface area contributed by atoms with E-state index >= 15 is 0 Å². The summed E-state index contributed by atoms with van der Waals surface area (Å²) < 4.78 is 0. The molecule has 2 aromatic carbocycles. The molecule has 102 valence electrons. The third-order valence-electron chi connectivity index (χ3n) is 3.65. The van der Waals surface area contributed by atoms with Crippen molar-refractivity contribution < 1.29 is 9.59 Å². The first-order valence-corrected chi connectivity index (χ1v) is 6.82. The van der Waals surface area contributed by atoms with Gasteiger partial charge in [0, 0.05) is 12.8 Å². The highest BCUT2D eigenvalue weighted by atomic mass is 16.1. The van der Waals surface area contributed by atoms with Crippen LogP contribution in [0.2, 0.25) is 0 Å². The Morgan fingerprint density at radius 3 is 1.75 bits per heavy atom. The van der Waals surface area contributed by atoms with E-state index in [1.165, 1.54) is 0 Å². The van der Waals surface area contributed by atoms with Gasteiger partial charge in [0.2, 0.25) is 0 Å². The van der Waals surface area contributed by atoms with E-state index < -0.39 is 5.41 Å². The summed E-state index contributed by atoms with van der Waals surface area (Å²) in [5, 5.41) is 0. The van der Waals surface area contributed by atoms with Crippen molar-refractivity contribution in [2.75, 3.05) is 0 Å². The fourth-order valence-electron chi connectivity index (χ4n) is 2.46. The number of aldehydes is 1. The molecule has 0 saturated heterocycles. The molecule has 0 spiro atoms. The third-order valence-corrected chi connectivity index (χ3v) is 3.65. The Balaban J connectivity index is 2.58. The summed E-state index contributed by atoms with van der Waals surface area (Å²) in [7, 11) is 0. The average Bonchev–Trinajstić information content (AvgIpc) is 2.54. The Morgan fingerprint density at radius 1 is 0.950 bits per heavy atom. The zero-order valence-corrected chi connectivity index (χ0v) is 11.6. The second-order valence-corrected chi connectivity index (χ2v) is 4.89. The molecule has 0 aliphatic heterocycles. The maximum atomic E-state index is 12.0. The maximum absolute atomic E-state index is 12.0. The summed E-state index contributed by atoms with van der Waals surface area (Å²) in [4.78, 5) is 23.9. The number of hydrogen-bond acceptors (Lipinski definition) is 2. The number of Topliss-reactive ketones (excluding diaryl/α,β-unsaturated/α-hetero) is 1. The van der Waals surface area contributed by atoms with Gasteiger partial charge in [0.25, 0.3) is 0 Å². The molecule has 0 aliphatic rings. The minimum Gasteiger partial charge on any atom is -0.302 e. The van der Waals surface area contributed by atoms with Gasteiger partial charge in [-0.15, -0.1) is 0 Å². The van der Waals surface area contributed by atoms with Crippen molar-refractivity contribution in [1.29, 1.82) is 0 Å². The first-order chi connectivity index (χ1) is 9.73. The Kier molecular flexibility index (Phi) is 4.46. The number of ketones is 1. The molecule has 0 unspecified atom stereocenters. The molecule has 20 heavy (non-hydrogen) atoms. The molecule has 0 aromatic heterocycles. The van der Waals surface area contributed by atoms with Gasteiger partial charge in [0.1, 0.15) is 12.1 Å². The number of rotatable bonds is 6. The normalized spacial score (nSPS) is 11.1. The van der Waals surface area contributed by atoms with Gasteiger partial charge in [-0.25, -0.2) is 0 Å². The fraction of sp³-hybridized carbons (Fsp3) is 0.222. The molecule has 0 bridgehead atoms. The average molecular weight is 266 g/mol. The molecule has 0 atom stereocenters. The van der Waals surface area contributed by atoms with Crippen molar-refractivity contribution >= 4 is 12.1 Å². The smallest absolute Gasteiger partial charge is 0.135 e. The largest absolute Gasteiger partial charge is 0.302 e. The van der Waals surface area contributed by atoms with Crippen LogP contribution in [0.3, 0.4) is 0 Å². The van der Waals surface area contributed by atoms with Crippen molar-refractivity contribution in [3.05, 3.63) is 71.8 Å². The zero-order chi connectivity index (χ0) is 14.4. The van der Waals surface area contributed by atoms with E-state index in [0.29, 0.717) is 6.42 Å². The monoisotopic (exact) mass is 266 g/mol. The van der Waals surface area contributed by atoms with Gasteiger partial charge >= 0.3 is 0 Å². The highest BCUT2D eigenvalue weighted by Crippen LogP contribution is 2.34. The molecule has 0 aliphatic carbocycles. The summed E-state index contributed by atoms with van der Waals surface area (Å²) in [5.41, 5.74) is 0.848. The lowest BCUT2D eigenvalue weighted by molar-refractivity contribution is -0.122. The molecule has 0 fully saturated rings. The Bertz CT molecular complexity index is 533. The minimum absolute atomic E-state index is 0.0878. The minimum atomic E-state index is -0.879. The number of carbonyl (C=O) groups is 2. The van der Waals surface area contributed by atoms with Crippen molar-refractivity contribution in [3.63, 3.8) is 0 Å². The SMILES string of the molecule is CCC(=O)CC(C=O)(c1ccccc1)c1ccccc1. The summed E-state index contributed by atoms with van der Waals surface area (Å²) >= 11 is 0. The fourth-order valence-corrected chi connectivity index (χ4v) is 2.46. The van der Waals surface area contributed by atoms with Gasteiger partial charge < -0.3 is 4.79 Å². The second-order valence-electron chi connectivity index (χ2n) is 4.89. The van der Waals surface area contributed by atoms with E-state index in [-0.39, 0.29) is 12.2 Å². The van der Waals surface area contributed by atoms with Crippen LogP contribution in [0.4, 0.5) is 0 Å². The van der Waals surface area contributed by atoms with Crippen LogP contribution in [0.15, 0.2) is 60.7 Å². The quantitative estimate of drug-likeness (QED) is 0.749. The standard InChI is InChI=1S/C18H18O2/c1-2-17(20)13-18(14-19,15-9-5-3-6-10-15)16-11-7-4-8-12-16/h3-12,14H,2,13H2,1H3. The highest BCUT2D eigenvalue weighted by molar-refractivity contribution is 5.88. The van der Waals surface area contributed by atoms with Crippen LogP contribution in [0.5, 0.6) is 0 Å². The molecule has 2 nitrogen and oxygen atoms in total. The molecule has 0 amide bonds. The van der Waals surface area contributed by atoms with Gasteiger partial charge in [0.05, 0.1) is 5.41 Å². The summed E-state index contributed by atoms with van der Waals surface area (Å²) in [5.74, 6) is 0.0878. The van der Waals surface area contributed by atoms with E-state index in [1.54, 1.807) is 0 Å². The topological polar surface area (TPSA) is 34.1 Å². The third kappa shape index (κ3) is 2.69. The Morgan fingerprint density at radius 2 is 1.40 bits per heavy atom. The van der Waals surface area contributed by atoms with E-state index in [2.05, 4.69) is 0 Å². The molecule has 0 saturated carbocycles. The van der Waals surface area contributed by atoms with Crippen LogP contribution >= 0.6 is 0 Å². The van der Waals surface area contributed by atoms with Crippen LogP contribution in [0, 0.1) is 0 Å². The molecule has 0 N–H and O–H groups in total. The van der Waals surface area contributed by atoms with E-state index in [0.717, 1.165) is 17.4 Å². The lowest BCUT2D eigenvalue weighted by Gasteiger charge is -2.28. The van der Waals surface area contributed by atoms with E-state index in [4.69, 9.17) is 0 Å². The van der Waals surface area contributed by atoms with Crippen LogP contribution < -0.4 is 0 Å². The predicted molar refractivity (Wildman–Crippen MR) is 79.6 cm³/mol. The van der Waals surface area contributed by atoms with Crippen molar-refractivity contribution in [2.24, 2.45) is 0 Å². The first-order valence-electron chi connectivity index (χ1n) is 6.82. The lowest BCUT2D eigenvalue weighted by Crippen LogP contribution is -2.32. The van der Waals surface area contributed by atoms with Crippen LogP contribution in [0.1, 0.15) is 30.9 Å². The number of carbonyl (C=O) groups excluding carboxylic acids is 2. The molecule has 0 radical (unpaired) electrons. The van der Waals surface area contributed by atoms with Gasteiger partial charge in [-0.2, -0.15) is 0 Å². The molecule has 0 heterocycles. The summed E-state index contributed by atoms with van der Waals surface area (Å²) in [6.45, 7) is 1.83. The molecular formula is C18H18O2. The molecular weight excluding hydrogens is 248 g/mol. The Labute approximate surface area is 119 Å². The molecule has 2 aromatic rings. The number of hydrogen-bond donors (Lipinski definition) is 0. The molecule has 2 heteroatoms. The Hall–Kier alpha value is -2.22. The second kappa shape index (κ2) is 6.29. The van der Waals surface area contributed by atoms with E-state index in [9.17, 15) is 9.59 Å². The first kappa shape index (κ1) is 14.2. The van der Waals surface area contributed by atoms with Gasteiger partial charge in [-0.3, -0.25) is 4.79 Å². The highest BCUT2D eigenvalue weighted by Gasteiger charge is 2.35. The maximum Gasteiger partial charge on any atom is 0.135 e. The van der Waals surface area contributed by atoms with Crippen molar-refractivity contribution in [1.82, 2.24) is 0 Å². The van der Waals surface area contributed by atoms with Gasteiger partial charge in [0.15, 0.2) is 0 Å². The zero-order valence-electron chi connectivity index (χ0n) is 11.6. The summed E-state index contributed by atoms with van der Waals surface area (Å²) in [6, 6.07) is 19.0. The number of benzene rings is 2. The van der Waals surface area contributed by atoms with E-state index in [1.807, 2.05) is 67.6 Å². The molecule has 2 rings (SSSR count). The van der Waals surface area contributed by atoms with Crippen LogP contribution in [-0.4, -0.2) is 12.1 Å². The van der Waals surface area contributed by atoms with Gasteiger partial charge in [-0.05, 0) is 11.1 Å². The lowest BCUT2D eigenvalue weighted by atomic mass is 9.72. The van der Waals surface area contributed by atoms with Crippen molar-refractivity contribution in [3.8, 4) is 0 Å². The van der Waals surface area contributed by atoms with Crippen LogP contribution in [-0.2, 0) is 15.0 Å². The predicted octanol–water partition coefficient (Wildman–Crippen LogP) is 3.54. The summed E-state index contributed by atoms with van der Waals surface area (Å²) in [6.07, 6.45) is 1.56.